The van der Waals surface area contributed by atoms with Crippen molar-refractivity contribution < 1.29 is 57.8 Å². The van der Waals surface area contributed by atoms with Gasteiger partial charge in [0.15, 0.2) is 18.5 Å². The van der Waals surface area contributed by atoms with Crippen LogP contribution in [0.25, 0.3) is 0 Å². The van der Waals surface area contributed by atoms with Crippen LogP contribution < -0.4 is 5.32 Å². The summed E-state index contributed by atoms with van der Waals surface area (Å²) in [7, 11) is 0. The summed E-state index contributed by atoms with van der Waals surface area (Å²) < 4.78 is 32.9. The molecule has 0 spiro atoms. The second-order valence-electron chi connectivity index (χ2n) is 8.77. The second-order valence-corrected chi connectivity index (χ2v) is 8.77. The first-order valence-electron chi connectivity index (χ1n) is 12.4. The van der Waals surface area contributed by atoms with Gasteiger partial charge in [-0.2, -0.15) is 0 Å². The Bertz CT molecular complexity index is 718. The van der Waals surface area contributed by atoms with Crippen molar-refractivity contribution in [2.75, 3.05) is 33.0 Å². The summed E-state index contributed by atoms with van der Waals surface area (Å²) in [5, 5.41) is 20.6. The largest absolute Gasteiger partial charge is 0.463 e. The average Bonchev–Trinajstić information content (AvgIpc) is 2.81. The molecule has 1 aliphatic rings. The highest BCUT2D eigenvalue weighted by Gasteiger charge is 2.51. The molecule has 1 aliphatic heterocycles. The van der Waals surface area contributed by atoms with E-state index < -0.39 is 60.6 Å². The number of amides is 1. The van der Waals surface area contributed by atoms with Gasteiger partial charge in [-0.15, -0.1) is 0 Å². The van der Waals surface area contributed by atoms with Crippen molar-refractivity contribution in [3.63, 3.8) is 0 Å². The third kappa shape index (κ3) is 13.7. The number of rotatable bonds is 17. The van der Waals surface area contributed by atoms with Gasteiger partial charge in [0, 0.05) is 40.9 Å². The Morgan fingerprint density at radius 2 is 1.46 bits per heavy atom. The van der Waals surface area contributed by atoms with Gasteiger partial charge in [-0.3, -0.25) is 19.2 Å². The quantitative estimate of drug-likeness (QED) is 0.129. The topological polar surface area (TPSA) is 176 Å². The fourth-order valence-electron chi connectivity index (χ4n) is 3.74. The van der Waals surface area contributed by atoms with E-state index in [-0.39, 0.29) is 26.4 Å². The summed E-state index contributed by atoms with van der Waals surface area (Å²) >= 11 is 0. The summed E-state index contributed by atoms with van der Waals surface area (Å²) in [6, 6.07) is -0.981. The number of esters is 3. The molecule has 0 bridgehead atoms. The van der Waals surface area contributed by atoms with E-state index in [0.29, 0.717) is 13.0 Å². The summed E-state index contributed by atoms with van der Waals surface area (Å²) in [6.07, 6.45) is -1.07. The first-order valence-corrected chi connectivity index (χ1v) is 12.4. The van der Waals surface area contributed by atoms with Crippen LogP contribution in [0.4, 0.5) is 0 Å². The Hall–Kier alpha value is -2.32. The smallest absolute Gasteiger partial charge is 0.303 e. The first kappa shape index (κ1) is 32.7. The fourth-order valence-corrected chi connectivity index (χ4v) is 3.74. The highest BCUT2D eigenvalue weighted by Crippen LogP contribution is 2.28. The molecular weight excluding hydrogens is 494 g/mol. The number of ether oxygens (including phenoxy) is 6. The van der Waals surface area contributed by atoms with Crippen molar-refractivity contribution in [1.29, 1.82) is 0 Å². The third-order valence-corrected chi connectivity index (χ3v) is 5.31. The van der Waals surface area contributed by atoms with Crippen LogP contribution in [-0.2, 0) is 47.6 Å². The van der Waals surface area contributed by atoms with Gasteiger partial charge < -0.3 is 44.0 Å². The van der Waals surface area contributed by atoms with Crippen LogP contribution in [-0.4, -0.2) is 104 Å². The molecule has 214 valence electrons. The predicted octanol–water partition coefficient (Wildman–Crippen LogP) is -0.0206. The molecular formula is C24H41NO12. The molecule has 1 fully saturated rings. The van der Waals surface area contributed by atoms with Gasteiger partial charge in [-0.1, -0.05) is 19.3 Å². The van der Waals surface area contributed by atoms with E-state index in [2.05, 4.69) is 5.32 Å². The maximum absolute atomic E-state index is 11.9. The molecule has 0 aromatic rings. The third-order valence-electron chi connectivity index (χ3n) is 5.31. The van der Waals surface area contributed by atoms with Crippen LogP contribution in [0.2, 0.25) is 0 Å². The average molecular weight is 536 g/mol. The van der Waals surface area contributed by atoms with Crippen molar-refractivity contribution in [3.8, 4) is 0 Å². The maximum Gasteiger partial charge on any atom is 0.303 e. The van der Waals surface area contributed by atoms with E-state index in [0.717, 1.165) is 25.7 Å². The van der Waals surface area contributed by atoms with Crippen molar-refractivity contribution >= 4 is 23.8 Å². The molecule has 0 aromatic carbocycles. The van der Waals surface area contributed by atoms with Crippen LogP contribution in [0.3, 0.4) is 0 Å². The lowest BCUT2D eigenvalue weighted by atomic mass is 9.96. The van der Waals surface area contributed by atoms with Gasteiger partial charge in [0.1, 0.15) is 24.9 Å². The molecule has 1 saturated heterocycles. The Labute approximate surface area is 217 Å². The Balaban J connectivity index is 2.74. The standard InChI is InChI=1S/C24H41NO12/c1-15(27)25-21-23(36-18(4)30)22(35-17(3)29)20(14-34-16(2)28)37-24(21)33-11-9-7-5-6-8-10-32-13-19(31)12-26/h19-24,26,31H,5-14H2,1-4H3,(H,25,27)/t19-,20-,21-,22+,23-,24-/m1/s1. The molecule has 13 heteroatoms. The zero-order valence-electron chi connectivity index (χ0n) is 22.0. The van der Waals surface area contributed by atoms with Gasteiger partial charge >= 0.3 is 17.9 Å². The Kier molecular flexibility index (Phi) is 15.9. The van der Waals surface area contributed by atoms with Crippen LogP contribution in [0.1, 0.15) is 59.8 Å². The molecule has 0 unspecified atom stereocenters. The molecule has 3 N–H and O–H groups in total. The van der Waals surface area contributed by atoms with E-state index >= 15 is 0 Å². The second kappa shape index (κ2) is 18.0. The monoisotopic (exact) mass is 535 g/mol. The van der Waals surface area contributed by atoms with Crippen molar-refractivity contribution in [1.82, 2.24) is 5.32 Å². The molecule has 0 aliphatic carbocycles. The van der Waals surface area contributed by atoms with Crippen molar-refractivity contribution in [2.24, 2.45) is 0 Å². The number of aliphatic hydroxyl groups excluding tert-OH is 2. The number of aliphatic hydroxyl groups is 2. The highest BCUT2D eigenvalue weighted by atomic mass is 16.7. The van der Waals surface area contributed by atoms with Gasteiger partial charge in [-0.25, -0.2) is 0 Å². The SMILES string of the molecule is CC(=O)N[C@H]1[C@H](OCCCCCCCOC[C@H](O)CO)O[C@H](COC(C)=O)[C@H](OC(C)=O)[C@@H]1OC(C)=O. The van der Waals surface area contributed by atoms with Crippen LogP contribution in [0.5, 0.6) is 0 Å². The summed E-state index contributed by atoms with van der Waals surface area (Å²) in [6.45, 7) is 5.10. The molecule has 13 nitrogen and oxygen atoms in total. The van der Waals surface area contributed by atoms with E-state index in [9.17, 15) is 24.3 Å². The van der Waals surface area contributed by atoms with Crippen molar-refractivity contribution in [2.45, 2.75) is 96.5 Å². The minimum absolute atomic E-state index is 0.103. The number of hydrogen-bond donors (Lipinski definition) is 3. The summed E-state index contributed by atoms with van der Waals surface area (Å²) in [5.74, 6) is -2.35. The molecule has 0 saturated carbocycles. The molecule has 0 radical (unpaired) electrons. The highest BCUT2D eigenvalue weighted by molar-refractivity contribution is 5.73. The molecule has 1 heterocycles. The van der Waals surface area contributed by atoms with Gasteiger partial charge in [-0.05, 0) is 12.8 Å². The Morgan fingerprint density at radius 3 is 2.03 bits per heavy atom. The number of hydrogen-bond acceptors (Lipinski definition) is 12. The molecule has 6 atom stereocenters. The lowest BCUT2D eigenvalue weighted by molar-refractivity contribution is -0.277. The zero-order valence-corrected chi connectivity index (χ0v) is 22.0. The van der Waals surface area contributed by atoms with Gasteiger partial charge in [0.2, 0.25) is 5.91 Å². The number of carbonyl (C=O) groups is 4. The van der Waals surface area contributed by atoms with Crippen molar-refractivity contribution in [3.05, 3.63) is 0 Å². The number of unbranched alkanes of at least 4 members (excludes halogenated alkanes) is 4. The molecule has 0 aromatic heterocycles. The summed E-state index contributed by atoms with van der Waals surface area (Å²) in [4.78, 5) is 46.9. The molecule has 37 heavy (non-hydrogen) atoms. The minimum atomic E-state index is -1.15. The van der Waals surface area contributed by atoms with E-state index in [1.807, 2.05) is 0 Å². The summed E-state index contributed by atoms with van der Waals surface area (Å²) in [5.41, 5.74) is 0. The van der Waals surface area contributed by atoms with E-state index in [4.69, 9.17) is 33.5 Å². The maximum atomic E-state index is 11.9. The van der Waals surface area contributed by atoms with E-state index in [1.165, 1.54) is 27.7 Å². The van der Waals surface area contributed by atoms with Crippen LogP contribution >= 0.6 is 0 Å². The first-order chi connectivity index (χ1) is 17.5. The fraction of sp³-hybridized carbons (Fsp3) is 0.833. The number of nitrogens with one attached hydrogen (secondary N) is 1. The Morgan fingerprint density at radius 1 is 0.865 bits per heavy atom. The lowest BCUT2D eigenvalue weighted by Gasteiger charge is -2.44. The predicted molar refractivity (Wildman–Crippen MR) is 127 cm³/mol. The van der Waals surface area contributed by atoms with Gasteiger partial charge in [0.25, 0.3) is 0 Å². The lowest BCUT2D eigenvalue weighted by Crippen LogP contribution is -2.66. The zero-order chi connectivity index (χ0) is 27.8. The normalized spacial score (nSPS) is 24.1. The van der Waals surface area contributed by atoms with Gasteiger partial charge in [0.05, 0.1) is 13.2 Å². The van der Waals surface area contributed by atoms with E-state index in [1.54, 1.807) is 0 Å². The van der Waals surface area contributed by atoms with Crippen LogP contribution in [0.15, 0.2) is 0 Å². The molecule has 1 rings (SSSR count). The number of carbonyl (C=O) groups excluding carboxylic acids is 4. The minimum Gasteiger partial charge on any atom is -0.463 e. The van der Waals surface area contributed by atoms with Crippen LogP contribution in [0, 0.1) is 0 Å². The molecule has 1 amide bonds.